The highest BCUT2D eigenvalue weighted by Crippen LogP contribution is 2.37. The molecule has 4 amide bonds. The first-order valence-corrected chi connectivity index (χ1v) is 10.2. The van der Waals surface area contributed by atoms with Gasteiger partial charge in [-0.05, 0) is 49.4 Å². The Kier molecular flexibility index (Phi) is 5.35. The van der Waals surface area contributed by atoms with Crippen LogP contribution in [-0.2, 0) is 9.53 Å². The van der Waals surface area contributed by atoms with Gasteiger partial charge in [-0.2, -0.15) is 0 Å². The number of morpholine rings is 1. The van der Waals surface area contributed by atoms with Gasteiger partial charge in [-0.15, -0.1) is 0 Å². The van der Waals surface area contributed by atoms with Crippen LogP contribution in [0.5, 0.6) is 0 Å². The van der Waals surface area contributed by atoms with Crippen molar-refractivity contribution in [2.24, 2.45) is 5.92 Å². The number of carbonyl (C=O) groups excluding carboxylic acids is 3. The third-order valence-corrected chi connectivity index (χ3v) is 5.73. The largest absolute Gasteiger partial charge is 0.371 e. The lowest BCUT2D eigenvalue weighted by molar-refractivity contribution is -0.117. The average molecular weight is 385 g/mol. The molecule has 28 heavy (non-hydrogen) atoms. The first kappa shape index (κ1) is 18.9. The summed E-state index contributed by atoms with van der Waals surface area (Å²) in [7, 11) is 0. The van der Waals surface area contributed by atoms with Crippen LogP contribution in [0.3, 0.4) is 0 Å². The fourth-order valence-corrected chi connectivity index (χ4v) is 3.97. The van der Waals surface area contributed by atoms with Crippen molar-refractivity contribution < 1.29 is 19.1 Å². The number of rotatable bonds is 6. The molecule has 0 unspecified atom stereocenters. The molecule has 3 aliphatic rings. The van der Waals surface area contributed by atoms with Gasteiger partial charge < -0.3 is 9.64 Å². The predicted molar refractivity (Wildman–Crippen MR) is 104 cm³/mol. The monoisotopic (exact) mass is 385 g/mol. The summed E-state index contributed by atoms with van der Waals surface area (Å²) in [6.45, 7) is 3.46. The minimum atomic E-state index is -0.428. The van der Waals surface area contributed by atoms with Crippen molar-refractivity contribution in [3.05, 3.63) is 29.8 Å². The van der Waals surface area contributed by atoms with Crippen LogP contribution in [-0.4, -0.2) is 54.6 Å². The zero-order chi connectivity index (χ0) is 19.7. The van der Waals surface area contributed by atoms with Crippen LogP contribution in [0.25, 0.3) is 0 Å². The van der Waals surface area contributed by atoms with Crippen LogP contribution in [0.15, 0.2) is 24.3 Å². The second-order valence-electron chi connectivity index (χ2n) is 7.97. The highest BCUT2D eigenvalue weighted by atomic mass is 16.5. The Labute approximate surface area is 165 Å². The number of nitrogens with zero attached hydrogens (tertiary/aromatic N) is 2. The number of anilines is 1. The van der Waals surface area contributed by atoms with Crippen LogP contribution in [0.4, 0.5) is 10.5 Å². The normalized spacial score (nSPS) is 25.2. The molecule has 2 atom stereocenters. The number of hydrogen-bond acceptors (Lipinski definition) is 4. The van der Waals surface area contributed by atoms with Gasteiger partial charge in [-0.3, -0.25) is 19.8 Å². The molecule has 1 aliphatic carbocycles. The summed E-state index contributed by atoms with van der Waals surface area (Å²) in [5, 5.41) is 2.26. The Hall–Kier alpha value is -2.41. The predicted octanol–water partition coefficient (Wildman–Crippen LogP) is 2.55. The lowest BCUT2D eigenvalue weighted by Gasteiger charge is -2.38. The van der Waals surface area contributed by atoms with E-state index in [1.165, 1.54) is 17.7 Å². The smallest absolute Gasteiger partial charge is 0.329 e. The molecule has 0 bridgehead atoms. The number of unbranched alkanes of at least 4 members (excludes halogenated alkanes) is 1. The molecule has 4 rings (SSSR count). The SMILES string of the molecule is CCCC[C@@H]1CN(C(=O)c2ccc(N3CC(=O)NC3=O)cc2)C[C@H](C2CC2)O1. The quantitative estimate of drug-likeness (QED) is 0.764. The molecule has 1 aromatic rings. The molecule has 3 fully saturated rings. The second kappa shape index (κ2) is 7.91. The number of urea groups is 1. The molecule has 150 valence electrons. The van der Waals surface area contributed by atoms with Crippen molar-refractivity contribution in [1.82, 2.24) is 10.2 Å². The zero-order valence-corrected chi connectivity index (χ0v) is 16.2. The summed E-state index contributed by atoms with van der Waals surface area (Å²) in [6.07, 6.45) is 5.86. The number of nitrogens with one attached hydrogen (secondary N) is 1. The van der Waals surface area contributed by atoms with Crippen molar-refractivity contribution in [2.75, 3.05) is 24.5 Å². The summed E-state index contributed by atoms with van der Waals surface area (Å²) < 4.78 is 6.26. The summed E-state index contributed by atoms with van der Waals surface area (Å²) in [5.74, 6) is 0.278. The van der Waals surface area contributed by atoms with E-state index in [4.69, 9.17) is 4.74 Å². The fourth-order valence-electron chi connectivity index (χ4n) is 3.97. The first-order valence-electron chi connectivity index (χ1n) is 10.2. The van der Waals surface area contributed by atoms with E-state index in [2.05, 4.69) is 12.2 Å². The van der Waals surface area contributed by atoms with Gasteiger partial charge in [-0.1, -0.05) is 19.8 Å². The molecule has 1 saturated carbocycles. The molecule has 2 aliphatic heterocycles. The highest BCUT2D eigenvalue weighted by molar-refractivity contribution is 6.12. The van der Waals surface area contributed by atoms with Gasteiger partial charge in [-0.25, -0.2) is 4.79 Å². The highest BCUT2D eigenvalue weighted by Gasteiger charge is 2.39. The third kappa shape index (κ3) is 4.04. The van der Waals surface area contributed by atoms with E-state index < -0.39 is 6.03 Å². The number of ether oxygens (including phenoxy) is 1. The number of carbonyl (C=O) groups is 3. The Morgan fingerprint density at radius 3 is 2.54 bits per heavy atom. The van der Waals surface area contributed by atoms with Gasteiger partial charge in [0.1, 0.15) is 6.54 Å². The van der Waals surface area contributed by atoms with Gasteiger partial charge in [0.25, 0.3) is 5.91 Å². The first-order chi connectivity index (χ1) is 13.5. The fraction of sp³-hybridized carbons (Fsp3) is 0.571. The standard InChI is InChI=1S/C21H27N3O4/c1-2-3-4-17-11-23(12-18(28-17)14-5-6-14)20(26)15-7-9-16(10-8-15)24-13-19(25)22-21(24)27/h7-10,14,17-18H,2-6,11-13H2,1H3,(H,22,25,27)/t17-,18-/m1/s1. The lowest BCUT2D eigenvalue weighted by Crippen LogP contribution is -2.50. The average Bonchev–Trinajstić information content (AvgIpc) is 3.50. The molecule has 1 N–H and O–H groups in total. The van der Waals surface area contributed by atoms with E-state index in [1.807, 2.05) is 4.90 Å². The molecular weight excluding hydrogens is 358 g/mol. The van der Waals surface area contributed by atoms with E-state index in [-0.39, 0.29) is 30.6 Å². The minimum Gasteiger partial charge on any atom is -0.371 e. The van der Waals surface area contributed by atoms with Crippen molar-refractivity contribution in [2.45, 2.75) is 51.2 Å². The van der Waals surface area contributed by atoms with Crippen molar-refractivity contribution in [3.8, 4) is 0 Å². The Morgan fingerprint density at radius 1 is 1.18 bits per heavy atom. The number of amides is 4. The molecule has 2 saturated heterocycles. The van der Waals surface area contributed by atoms with Crippen LogP contribution >= 0.6 is 0 Å². The Balaban J connectivity index is 1.45. The van der Waals surface area contributed by atoms with Crippen LogP contribution in [0.1, 0.15) is 49.4 Å². The Morgan fingerprint density at radius 2 is 1.93 bits per heavy atom. The van der Waals surface area contributed by atoms with Crippen molar-refractivity contribution in [1.29, 1.82) is 0 Å². The van der Waals surface area contributed by atoms with E-state index >= 15 is 0 Å². The summed E-state index contributed by atoms with van der Waals surface area (Å²) in [5.41, 5.74) is 1.21. The molecule has 0 radical (unpaired) electrons. The molecule has 2 heterocycles. The molecule has 0 aromatic heterocycles. The van der Waals surface area contributed by atoms with Gasteiger partial charge in [0.05, 0.1) is 12.2 Å². The molecular formula is C21H27N3O4. The van der Waals surface area contributed by atoms with Gasteiger partial charge in [0.2, 0.25) is 5.91 Å². The molecule has 7 nitrogen and oxygen atoms in total. The van der Waals surface area contributed by atoms with Gasteiger partial charge in [0.15, 0.2) is 0 Å². The van der Waals surface area contributed by atoms with Gasteiger partial charge >= 0.3 is 6.03 Å². The molecule has 1 aromatic carbocycles. The van der Waals surface area contributed by atoms with E-state index in [9.17, 15) is 14.4 Å². The maximum Gasteiger partial charge on any atom is 0.329 e. The summed E-state index contributed by atoms with van der Waals surface area (Å²) in [6, 6.07) is 6.48. The topological polar surface area (TPSA) is 79.0 Å². The Bertz CT molecular complexity index is 759. The second-order valence-corrected chi connectivity index (χ2v) is 7.97. The third-order valence-electron chi connectivity index (χ3n) is 5.73. The van der Waals surface area contributed by atoms with Crippen LogP contribution < -0.4 is 10.2 Å². The number of hydrogen-bond donors (Lipinski definition) is 1. The maximum atomic E-state index is 13.1. The molecule has 7 heteroatoms. The number of benzene rings is 1. The summed E-state index contributed by atoms with van der Waals surface area (Å²) in [4.78, 5) is 39.5. The zero-order valence-electron chi connectivity index (χ0n) is 16.2. The van der Waals surface area contributed by atoms with Crippen LogP contribution in [0, 0.1) is 5.92 Å². The molecule has 0 spiro atoms. The summed E-state index contributed by atoms with van der Waals surface area (Å²) >= 11 is 0. The number of imide groups is 1. The lowest BCUT2D eigenvalue weighted by atomic mass is 10.1. The minimum absolute atomic E-state index is 0.00366. The van der Waals surface area contributed by atoms with Crippen molar-refractivity contribution in [3.63, 3.8) is 0 Å². The van der Waals surface area contributed by atoms with Crippen LogP contribution in [0.2, 0.25) is 0 Å². The van der Waals surface area contributed by atoms with E-state index in [1.54, 1.807) is 24.3 Å². The maximum absolute atomic E-state index is 13.1. The van der Waals surface area contributed by atoms with E-state index in [0.717, 1.165) is 19.3 Å². The van der Waals surface area contributed by atoms with Gasteiger partial charge in [0, 0.05) is 24.3 Å². The van der Waals surface area contributed by atoms with Crippen molar-refractivity contribution >= 4 is 23.5 Å². The van der Waals surface area contributed by atoms with E-state index in [0.29, 0.717) is 30.3 Å².